The fourth-order valence-electron chi connectivity index (χ4n) is 2.65. The van der Waals surface area contributed by atoms with Crippen molar-refractivity contribution in [3.63, 3.8) is 0 Å². The molecule has 4 nitrogen and oxygen atoms in total. The minimum Gasteiger partial charge on any atom is -0.487 e. The first-order valence-electron chi connectivity index (χ1n) is 8.82. The lowest BCUT2D eigenvalue weighted by molar-refractivity contribution is -0.125. The van der Waals surface area contributed by atoms with E-state index in [-0.39, 0.29) is 5.91 Å². The van der Waals surface area contributed by atoms with E-state index in [4.69, 9.17) is 16.3 Å². The Morgan fingerprint density at radius 2 is 2.07 bits per heavy atom. The summed E-state index contributed by atoms with van der Waals surface area (Å²) < 4.78 is 5.89. The number of nitrogens with zero attached hydrogens (tertiary/aromatic N) is 2. The summed E-state index contributed by atoms with van der Waals surface area (Å²) in [4.78, 5) is 18.5. The van der Waals surface area contributed by atoms with Crippen molar-refractivity contribution in [3.8, 4) is 5.75 Å². The average Bonchev–Trinajstić information content (AvgIpc) is 3.10. The summed E-state index contributed by atoms with van der Waals surface area (Å²) in [5.41, 5.74) is 2.73. The van der Waals surface area contributed by atoms with Gasteiger partial charge in [0, 0.05) is 35.6 Å². The molecule has 0 spiro atoms. The van der Waals surface area contributed by atoms with Crippen LogP contribution in [0.5, 0.6) is 5.75 Å². The van der Waals surface area contributed by atoms with Crippen LogP contribution in [0.3, 0.4) is 0 Å². The Morgan fingerprint density at radius 1 is 1.25 bits per heavy atom. The molecule has 3 rings (SSSR count). The number of carbonyl (C=O) groups excluding carboxylic acids is 1. The molecule has 3 aromatic rings. The minimum atomic E-state index is -0.0927. The molecule has 0 unspecified atom stereocenters. The molecule has 0 radical (unpaired) electrons. The standard InChI is InChI=1S/C22H21ClN2O2S/c1-16-24-20(15-28-16)14-27-21-9-4-3-7-18(21)10-11-22(26)25(2)13-17-6-5-8-19(23)12-17/h3-12,15H,13-14H2,1-2H3/b11-10+. The Morgan fingerprint density at radius 3 is 2.82 bits per heavy atom. The monoisotopic (exact) mass is 412 g/mol. The van der Waals surface area contributed by atoms with Crippen molar-refractivity contribution in [2.24, 2.45) is 0 Å². The van der Waals surface area contributed by atoms with Crippen LogP contribution in [0.1, 0.15) is 21.8 Å². The Labute approximate surface area is 174 Å². The second-order valence-electron chi connectivity index (χ2n) is 6.34. The molecular formula is C22H21ClN2O2S. The van der Waals surface area contributed by atoms with Crippen molar-refractivity contribution < 1.29 is 9.53 Å². The van der Waals surface area contributed by atoms with Gasteiger partial charge in [-0.3, -0.25) is 4.79 Å². The molecule has 1 heterocycles. The average molecular weight is 413 g/mol. The first-order valence-corrected chi connectivity index (χ1v) is 10.1. The van der Waals surface area contributed by atoms with Crippen molar-refractivity contribution in [2.75, 3.05) is 7.05 Å². The van der Waals surface area contributed by atoms with E-state index in [0.29, 0.717) is 18.2 Å². The molecule has 1 amide bonds. The third-order valence-electron chi connectivity index (χ3n) is 4.05. The second kappa shape index (κ2) is 9.53. The van der Waals surface area contributed by atoms with Gasteiger partial charge in [-0.1, -0.05) is 41.9 Å². The van der Waals surface area contributed by atoms with Crippen LogP contribution in [0.2, 0.25) is 5.02 Å². The number of hydrogen-bond donors (Lipinski definition) is 0. The van der Waals surface area contributed by atoms with Crippen molar-refractivity contribution in [2.45, 2.75) is 20.1 Å². The molecule has 144 valence electrons. The van der Waals surface area contributed by atoms with Gasteiger partial charge in [0.15, 0.2) is 0 Å². The SMILES string of the molecule is Cc1nc(COc2ccccc2/C=C/C(=O)N(C)Cc2cccc(Cl)c2)cs1. The molecule has 6 heteroatoms. The normalized spacial score (nSPS) is 11.0. The number of amides is 1. The molecule has 0 fully saturated rings. The highest BCUT2D eigenvalue weighted by Gasteiger charge is 2.08. The van der Waals surface area contributed by atoms with E-state index in [1.807, 2.05) is 60.8 Å². The van der Waals surface area contributed by atoms with Gasteiger partial charge in [-0.25, -0.2) is 4.98 Å². The number of rotatable bonds is 7. The lowest BCUT2D eigenvalue weighted by Crippen LogP contribution is -2.24. The Hall–Kier alpha value is -2.63. The number of likely N-dealkylation sites (N-methyl/N-ethyl adjacent to an activating group) is 1. The van der Waals surface area contributed by atoms with Gasteiger partial charge in [0.2, 0.25) is 5.91 Å². The van der Waals surface area contributed by atoms with E-state index in [1.54, 1.807) is 35.4 Å². The van der Waals surface area contributed by atoms with Gasteiger partial charge < -0.3 is 9.64 Å². The fourth-order valence-corrected chi connectivity index (χ4v) is 3.46. The Bertz CT molecular complexity index is 984. The summed E-state index contributed by atoms with van der Waals surface area (Å²) >= 11 is 7.61. The van der Waals surface area contributed by atoms with Crippen molar-refractivity contribution in [1.82, 2.24) is 9.88 Å². The minimum absolute atomic E-state index is 0.0927. The number of carbonyl (C=O) groups is 1. The number of halogens is 1. The molecule has 0 saturated carbocycles. The molecule has 2 aromatic carbocycles. The topological polar surface area (TPSA) is 42.4 Å². The summed E-state index contributed by atoms with van der Waals surface area (Å²) in [7, 11) is 1.76. The number of hydrogen-bond acceptors (Lipinski definition) is 4. The van der Waals surface area contributed by atoms with Crippen LogP contribution in [0.15, 0.2) is 60.0 Å². The van der Waals surface area contributed by atoms with Crippen LogP contribution in [0.4, 0.5) is 0 Å². The van der Waals surface area contributed by atoms with Gasteiger partial charge in [0.1, 0.15) is 12.4 Å². The maximum Gasteiger partial charge on any atom is 0.246 e. The van der Waals surface area contributed by atoms with Crippen LogP contribution < -0.4 is 4.74 Å². The second-order valence-corrected chi connectivity index (χ2v) is 7.84. The quantitative estimate of drug-likeness (QED) is 0.491. The molecule has 0 N–H and O–H groups in total. The van der Waals surface area contributed by atoms with Crippen LogP contribution in [0, 0.1) is 6.92 Å². The molecule has 0 bridgehead atoms. The number of aromatic nitrogens is 1. The van der Waals surface area contributed by atoms with Gasteiger partial charge in [0.25, 0.3) is 0 Å². The van der Waals surface area contributed by atoms with Crippen molar-refractivity contribution >= 4 is 34.9 Å². The van der Waals surface area contributed by atoms with Crippen LogP contribution >= 0.6 is 22.9 Å². The number of ether oxygens (including phenoxy) is 1. The zero-order chi connectivity index (χ0) is 19.9. The lowest BCUT2D eigenvalue weighted by atomic mass is 10.1. The lowest BCUT2D eigenvalue weighted by Gasteiger charge is -2.15. The summed E-state index contributed by atoms with van der Waals surface area (Å²) in [6, 6.07) is 15.1. The largest absolute Gasteiger partial charge is 0.487 e. The third kappa shape index (κ3) is 5.68. The molecule has 0 aliphatic carbocycles. The molecule has 0 aliphatic heterocycles. The number of aryl methyl sites for hydroxylation is 1. The van der Waals surface area contributed by atoms with Crippen molar-refractivity contribution in [3.05, 3.63) is 86.8 Å². The highest BCUT2D eigenvalue weighted by molar-refractivity contribution is 7.09. The zero-order valence-electron chi connectivity index (χ0n) is 15.8. The first-order chi connectivity index (χ1) is 13.5. The zero-order valence-corrected chi connectivity index (χ0v) is 17.3. The van der Waals surface area contributed by atoms with E-state index in [0.717, 1.165) is 27.6 Å². The van der Waals surface area contributed by atoms with E-state index in [2.05, 4.69) is 4.98 Å². The van der Waals surface area contributed by atoms with Gasteiger partial charge in [-0.15, -0.1) is 11.3 Å². The van der Waals surface area contributed by atoms with Gasteiger partial charge >= 0.3 is 0 Å². The van der Waals surface area contributed by atoms with Gasteiger partial charge in [-0.2, -0.15) is 0 Å². The predicted octanol–water partition coefficient (Wildman–Crippen LogP) is 5.36. The molecule has 0 atom stereocenters. The molecule has 0 saturated heterocycles. The Kier molecular flexibility index (Phi) is 6.85. The van der Waals surface area contributed by atoms with Crippen LogP contribution in [-0.4, -0.2) is 22.8 Å². The van der Waals surface area contributed by atoms with E-state index >= 15 is 0 Å². The van der Waals surface area contributed by atoms with E-state index < -0.39 is 0 Å². The van der Waals surface area contributed by atoms with E-state index in [1.165, 1.54) is 0 Å². The summed E-state index contributed by atoms with van der Waals surface area (Å²) in [6.45, 7) is 2.86. The predicted molar refractivity (Wildman–Crippen MR) is 115 cm³/mol. The van der Waals surface area contributed by atoms with Gasteiger partial charge in [-0.05, 0) is 36.8 Å². The van der Waals surface area contributed by atoms with Crippen LogP contribution in [-0.2, 0) is 17.9 Å². The van der Waals surface area contributed by atoms with Crippen LogP contribution in [0.25, 0.3) is 6.08 Å². The third-order valence-corrected chi connectivity index (χ3v) is 5.11. The molecule has 1 aromatic heterocycles. The molecule has 28 heavy (non-hydrogen) atoms. The number of benzene rings is 2. The maximum atomic E-state index is 12.5. The summed E-state index contributed by atoms with van der Waals surface area (Å²) in [6.07, 6.45) is 3.33. The first kappa shape index (κ1) is 20.1. The van der Waals surface area contributed by atoms with E-state index in [9.17, 15) is 4.79 Å². The Balaban J connectivity index is 1.63. The smallest absolute Gasteiger partial charge is 0.246 e. The highest BCUT2D eigenvalue weighted by Crippen LogP contribution is 2.21. The maximum absolute atomic E-state index is 12.5. The number of para-hydroxylation sites is 1. The molecule has 0 aliphatic rings. The number of thiazole rings is 1. The summed E-state index contributed by atoms with van der Waals surface area (Å²) in [5, 5.41) is 3.66. The van der Waals surface area contributed by atoms with Crippen molar-refractivity contribution in [1.29, 1.82) is 0 Å². The highest BCUT2D eigenvalue weighted by atomic mass is 35.5. The molecular weight excluding hydrogens is 392 g/mol. The van der Waals surface area contributed by atoms with Gasteiger partial charge in [0.05, 0.1) is 10.7 Å². The summed E-state index contributed by atoms with van der Waals surface area (Å²) in [5.74, 6) is 0.625. The fraction of sp³-hybridized carbons (Fsp3) is 0.182.